The number of nitrogens with zero attached hydrogens (tertiary/aromatic N) is 3. The minimum atomic E-state index is -0.503. The molecule has 2 aromatic rings. The topological polar surface area (TPSA) is 22.2 Å². The molecule has 0 aliphatic carbocycles. The monoisotopic (exact) mass is 229 g/mol. The molecule has 0 N–H and O–H groups in total. The molecule has 0 radical (unpaired) electrons. The number of rotatable bonds is 2. The Hall–Kier alpha value is -2.15. The van der Waals surface area contributed by atoms with E-state index in [0.717, 1.165) is 5.69 Å². The van der Waals surface area contributed by atoms with Gasteiger partial charge in [-0.3, -0.25) is 0 Å². The number of hydrogen-bond acceptors (Lipinski definition) is 1. The molecule has 2 rings (SSSR count). The Morgan fingerprint density at radius 3 is 2.71 bits per heavy atom. The van der Waals surface area contributed by atoms with Crippen molar-refractivity contribution in [1.29, 1.82) is 0 Å². The van der Waals surface area contributed by atoms with Crippen LogP contribution in [0.25, 0.3) is 10.5 Å². The maximum atomic E-state index is 13.5. The number of aromatic nitrogens is 2. The number of halogens is 1. The zero-order valence-electron chi connectivity index (χ0n) is 9.68. The second-order valence-corrected chi connectivity index (χ2v) is 4.11. The van der Waals surface area contributed by atoms with Gasteiger partial charge in [-0.1, -0.05) is 19.9 Å². The Morgan fingerprint density at radius 2 is 2.18 bits per heavy atom. The quantitative estimate of drug-likeness (QED) is 0.720. The van der Waals surface area contributed by atoms with Gasteiger partial charge in [0, 0.05) is 11.9 Å². The molecular formula is C13H12FN3. The minimum Gasteiger partial charge on any atom is -0.306 e. The van der Waals surface area contributed by atoms with Gasteiger partial charge in [-0.2, -0.15) is 0 Å². The van der Waals surface area contributed by atoms with Crippen LogP contribution in [0.5, 0.6) is 0 Å². The lowest BCUT2D eigenvalue weighted by molar-refractivity contribution is 0.632. The van der Waals surface area contributed by atoms with Crippen molar-refractivity contribution in [3.63, 3.8) is 0 Å². The summed E-state index contributed by atoms with van der Waals surface area (Å²) in [5.41, 5.74) is 1.67. The molecule has 3 nitrogen and oxygen atoms in total. The van der Waals surface area contributed by atoms with Crippen LogP contribution in [0.2, 0.25) is 0 Å². The number of hydrogen-bond donors (Lipinski definition) is 0. The van der Waals surface area contributed by atoms with Crippen LogP contribution in [0, 0.1) is 12.4 Å². The largest absolute Gasteiger partial charge is 0.306 e. The van der Waals surface area contributed by atoms with Gasteiger partial charge in [0.05, 0.1) is 18.6 Å². The third-order valence-corrected chi connectivity index (χ3v) is 2.54. The van der Waals surface area contributed by atoms with Crippen LogP contribution in [0.1, 0.15) is 25.5 Å². The van der Waals surface area contributed by atoms with Crippen molar-refractivity contribution in [2.24, 2.45) is 0 Å². The van der Waals surface area contributed by atoms with E-state index in [0.29, 0.717) is 11.6 Å². The van der Waals surface area contributed by atoms with E-state index >= 15 is 0 Å². The lowest BCUT2D eigenvalue weighted by atomic mass is 10.2. The maximum absolute atomic E-state index is 13.5. The van der Waals surface area contributed by atoms with E-state index in [4.69, 9.17) is 6.57 Å². The van der Waals surface area contributed by atoms with E-state index in [9.17, 15) is 4.39 Å². The molecule has 86 valence electrons. The Balaban J connectivity index is 2.40. The zero-order valence-corrected chi connectivity index (χ0v) is 9.68. The Bertz CT molecular complexity index is 579. The highest BCUT2D eigenvalue weighted by atomic mass is 19.1. The molecule has 0 saturated heterocycles. The van der Waals surface area contributed by atoms with Crippen LogP contribution in [-0.2, 0) is 0 Å². The Labute approximate surface area is 99.4 Å². The normalized spacial score (nSPS) is 10.5. The summed E-state index contributed by atoms with van der Waals surface area (Å²) in [5.74, 6) is -0.166. The third kappa shape index (κ3) is 2.18. The molecule has 0 bridgehead atoms. The average molecular weight is 229 g/mol. The van der Waals surface area contributed by atoms with E-state index in [1.54, 1.807) is 17.0 Å². The van der Waals surface area contributed by atoms with Crippen LogP contribution < -0.4 is 0 Å². The van der Waals surface area contributed by atoms with Gasteiger partial charge in [-0.15, -0.1) is 0 Å². The van der Waals surface area contributed by atoms with Crippen LogP contribution in [0.15, 0.2) is 30.7 Å². The van der Waals surface area contributed by atoms with E-state index in [2.05, 4.69) is 23.7 Å². The van der Waals surface area contributed by atoms with Gasteiger partial charge in [-0.25, -0.2) is 14.2 Å². The minimum absolute atomic E-state index is 0.0398. The van der Waals surface area contributed by atoms with Gasteiger partial charge in [0.15, 0.2) is 0 Å². The molecule has 0 aliphatic rings. The van der Waals surface area contributed by atoms with E-state index in [1.165, 1.54) is 12.1 Å². The number of imidazole rings is 1. The third-order valence-electron chi connectivity index (χ3n) is 2.54. The van der Waals surface area contributed by atoms with Gasteiger partial charge in [0.2, 0.25) is 5.69 Å². The van der Waals surface area contributed by atoms with Gasteiger partial charge < -0.3 is 4.57 Å². The smallest absolute Gasteiger partial charge is 0.222 e. The molecule has 1 heterocycles. The summed E-state index contributed by atoms with van der Waals surface area (Å²) in [5, 5.41) is 0. The fraction of sp³-hybridized carbons (Fsp3) is 0.231. The van der Waals surface area contributed by atoms with Crippen molar-refractivity contribution in [3.05, 3.63) is 53.7 Å². The fourth-order valence-corrected chi connectivity index (χ4v) is 1.52. The second kappa shape index (κ2) is 4.38. The maximum Gasteiger partial charge on any atom is 0.222 e. The molecule has 1 aromatic carbocycles. The fourth-order valence-electron chi connectivity index (χ4n) is 1.52. The van der Waals surface area contributed by atoms with Gasteiger partial charge in [0.1, 0.15) is 5.82 Å². The van der Waals surface area contributed by atoms with Crippen molar-refractivity contribution >= 4 is 5.69 Å². The molecule has 17 heavy (non-hydrogen) atoms. The lowest BCUT2D eigenvalue weighted by Gasteiger charge is -2.03. The Kier molecular flexibility index (Phi) is 2.92. The van der Waals surface area contributed by atoms with Gasteiger partial charge in [0.25, 0.3) is 0 Å². The van der Waals surface area contributed by atoms with Crippen molar-refractivity contribution in [1.82, 2.24) is 9.55 Å². The molecule has 0 amide bonds. The molecule has 0 aliphatic heterocycles. The Morgan fingerprint density at radius 1 is 1.41 bits per heavy atom. The molecule has 4 heteroatoms. The first-order valence-corrected chi connectivity index (χ1v) is 5.33. The molecule has 0 fully saturated rings. The van der Waals surface area contributed by atoms with Crippen molar-refractivity contribution < 1.29 is 4.39 Å². The van der Waals surface area contributed by atoms with Gasteiger partial charge >= 0.3 is 0 Å². The summed E-state index contributed by atoms with van der Waals surface area (Å²) in [4.78, 5) is 7.33. The predicted molar refractivity (Wildman–Crippen MR) is 63.9 cm³/mol. The molecule has 0 spiro atoms. The van der Waals surface area contributed by atoms with Crippen LogP contribution in [-0.4, -0.2) is 9.55 Å². The first kappa shape index (κ1) is 11.3. The van der Waals surface area contributed by atoms with Crippen molar-refractivity contribution in [2.45, 2.75) is 19.8 Å². The first-order chi connectivity index (χ1) is 8.11. The van der Waals surface area contributed by atoms with E-state index in [-0.39, 0.29) is 5.69 Å². The summed E-state index contributed by atoms with van der Waals surface area (Å²) in [6.07, 6.45) is 3.53. The molecule has 0 unspecified atom stereocenters. The van der Waals surface area contributed by atoms with Crippen molar-refractivity contribution in [3.8, 4) is 5.69 Å². The first-order valence-electron chi connectivity index (χ1n) is 5.33. The van der Waals surface area contributed by atoms with E-state index in [1.807, 2.05) is 6.20 Å². The van der Waals surface area contributed by atoms with Gasteiger partial charge in [-0.05, 0) is 18.1 Å². The van der Waals surface area contributed by atoms with Crippen LogP contribution in [0.4, 0.5) is 10.1 Å². The van der Waals surface area contributed by atoms with Crippen molar-refractivity contribution in [2.75, 3.05) is 0 Å². The molecule has 1 aromatic heterocycles. The molecular weight excluding hydrogens is 217 g/mol. The average Bonchev–Trinajstić information content (AvgIpc) is 2.78. The van der Waals surface area contributed by atoms with E-state index < -0.39 is 5.82 Å². The highest BCUT2D eigenvalue weighted by Gasteiger charge is 2.07. The second-order valence-electron chi connectivity index (χ2n) is 4.11. The summed E-state index contributed by atoms with van der Waals surface area (Å²) >= 11 is 0. The molecule has 0 saturated carbocycles. The summed E-state index contributed by atoms with van der Waals surface area (Å²) in [7, 11) is 0. The lowest BCUT2D eigenvalue weighted by Crippen LogP contribution is -1.91. The summed E-state index contributed by atoms with van der Waals surface area (Å²) in [6.45, 7) is 10.9. The summed E-state index contributed by atoms with van der Waals surface area (Å²) < 4.78 is 15.2. The zero-order chi connectivity index (χ0) is 12.4. The predicted octanol–water partition coefficient (Wildman–Crippen LogP) is 3.69. The van der Waals surface area contributed by atoms with Crippen LogP contribution >= 0.6 is 0 Å². The highest BCUT2D eigenvalue weighted by Crippen LogP contribution is 2.21. The summed E-state index contributed by atoms with van der Waals surface area (Å²) in [6, 6.07) is 4.54. The highest BCUT2D eigenvalue weighted by molar-refractivity contribution is 5.51. The van der Waals surface area contributed by atoms with Crippen LogP contribution in [0.3, 0.4) is 0 Å². The number of benzene rings is 1. The SMILES string of the molecule is [C-]#[N+]c1ccc(-n2cnc(C(C)C)c2)cc1F. The molecule has 0 atom stereocenters. The standard InChI is InChI=1S/C13H12FN3/c1-9(2)13-7-17(8-16-13)10-4-5-12(15-3)11(14)6-10/h4-9H,1-2H3.